The monoisotopic (exact) mass is 502 g/mol. The molecule has 6 fully saturated rings. The number of carbonyl (C=O) groups is 2. The summed E-state index contributed by atoms with van der Waals surface area (Å²) < 4.78 is 12.7. The molecule has 0 aromatic rings. The van der Waals surface area contributed by atoms with Crippen LogP contribution in [0.15, 0.2) is 0 Å². The lowest BCUT2D eigenvalue weighted by atomic mass is 9.43. The third-order valence-corrected chi connectivity index (χ3v) is 13.1. The summed E-state index contributed by atoms with van der Waals surface area (Å²) in [4.78, 5) is 24.0. The number of hydrogen-bond donors (Lipinski definition) is 2. The Labute approximate surface area is 215 Å². The first-order valence-electron chi connectivity index (χ1n) is 14.5. The second-order valence-electron chi connectivity index (χ2n) is 15.1. The smallest absolute Gasteiger partial charge is 0.311 e. The fourth-order valence-corrected chi connectivity index (χ4v) is 11.8. The van der Waals surface area contributed by atoms with Gasteiger partial charge in [0.25, 0.3) is 0 Å². The summed E-state index contributed by atoms with van der Waals surface area (Å²) in [5, 5.41) is 20.8. The highest BCUT2D eigenvalue weighted by molar-refractivity contribution is 5.74. The topological polar surface area (TPSA) is 93.1 Å². The van der Waals surface area contributed by atoms with Crippen molar-refractivity contribution in [1.29, 1.82) is 0 Å². The van der Waals surface area contributed by atoms with Gasteiger partial charge in [-0.15, -0.1) is 0 Å². The third kappa shape index (κ3) is 2.98. The first-order chi connectivity index (χ1) is 16.6. The van der Waals surface area contributed by atoms with Crippen LogP contribution in [0.2, 0.25) is 0 Å². The molecule has 6 aliphatic rings. The van der Waals surface area contributed by atoms with E-state index in [-0.39, 0.29) is 52.0 Å². The highest BCUT2D eigenvalue weighted by atomic mass is 16.7. The number of fused-ring (bicyclic) bond motifs is 4. The summed E-state index contributed by atoms with van der Waals surface area (Å²) in [5.41, 5.74) is -0.516. The number of rotatable bonds is 4. The van der Waals surface area contributed by atoms with Gasteiger partial charge in [0.2, 0.25) is 5.79 Å². The van der Waals surface area contributed by atoms with Crippen molar-refractivity contribution in [2.45, 2.75) is 123 Å². The minimum absolute atomic E-state index is 0.0746. The molecule has 36 heavy (non-hydrogen) atoms. The van der Waals surface area contributed by atoms with Crippen LogP contribution in [0.1, 0.15) is 106 Å². The molecule has 6 rings (SSSR count). The van der Waals surface area contributed by atoms with Crippen LogP contribution in [0, 0.1) is 51.2 Å². The van der Waals surface area contributed by atoms with E-state index in [1.807, 2.05) is 20.8 Å². The van der Waals surface area contributed by atoms with E-state index in [2.05, 4.69) is 20.8 Å². The number of ether oxygens (including phenoxy) is 2. The van der Waals surface area contributed by atoms with E-state index in [0.717, 1.165) is 44.9 Å². The van der Waals surface area contributed by atoms with Gasteiger partial charge < -0.3 is 19.7 Å². The zero-order chi connectivity index (χ0) is 26.1. The predicted octanol–water partition coefficient (Wildman–Crippen LogP) is 5.56. The molecule has 0 bridgehead atoms. The van der Waals surface area contributed by atoms with Gasteiger partial charge >= 0.3 is 11.9 Å². The number of aliphatic hydroxyl groups is 1. The molecule has 0 aromatic carbocycles. The van der Waals surface area contributed by atoms with E-state index >= 15 is 0 Å². The van der Waals surface area contributed by atoms with Crippen molar-refractivity contribution < 1.29 is 29.3 Å². The maximum atomic E-state index is 12.4. The van der Waals surface area contributed by atoms with Crippen LogP contribution in [0.5, 0.6) is 0 Å². The molecule has 0 radical (unpaired) electrons. The van der Waals surface area contributed by atoms with Gasteiger partial charge in [0.05, 0.1) is 17.6 Å². The second-order valence-corrected chi connectivity index (χ2v) is 15.1. The summed E-state index contributed by atoms with van der Waals surface area (Å²) in [6, 6.07) is 0. The van der Waals surface area contributed by atoms with E-state index in [4.69, 9.17) is 9.47 Å². The molecule has 0 aromatic heterocycles. The molecule has 4 saturated carbocycles. The first kappa shape index (κ1) is 25.2. The maximum Gasteiger partial charge on any atom is 0.311 e. The van der Waals surface area contributed by atoms with E-state index < -0.39 is 17.4 Å². The highest BCUT2D eigenvalue weighted by Crippen LogP contribution is 2.88. The van der Waals surface area contributed by atoms with Crippen molar-refractivity contribution in [1.82, 2.24) is 0 Å². The standard InChI is InChI=1S/C30H46O6/c1-17-13-30(14-18(2)24(33)36-30)35-19-15-27(6)21-8-7-20(25(3,4)34)28(10-9-22(31)32)16-29(21,28)12-11-26(27,5)23(17)19/h17-21,23,34H,7-16H2,1-6H3,(H,31,32)/t17-,18-,19-,20+,21+,23+,26-,27+,28-,29+,30+/m1/s1. The fourth-order valence-electron chi connectivity index (χ4n) is 11.8. The Kier molecular flexibility index (Phi) is 5.09. The molecular weight excluding hydrogens is 456 g/mol. The molecule has 2 heterocycles. The summed E-state index contributed by atoms with van der Waals surface area (Å²) in [5.74, 6) is -0.184. The quantitative estimate of drug-likeness (QED) is 0.489. The zero-order valence-corrected chi connectivity index (χ0v) is 23.1. The van der Waals surface area contributed by atoms with Crippen molar-refractivity contribution in [3.05, 3.63) is 0 Å². The summed E-state index contributed by atoms with van der Waals surface area (Å²) in [7, 11) is 0. The van der Waals surface area contributed by atoms with Crippen molar-refractivity contribution in [2.24, 2.45) is 51.2 Å². The van der Waals surface area contributed by atoms with Crippen LogP contribution in [0.3, 0.4) is 0 Å². The van der Waals surface area contributed by atoms with E-state index in [1.54, 1.807) is 0 Å². The van der Waals surface area contributed by atoms with Gasteiger partial charge in [0.15, 0.2) is 0 Å². The maximum absolute atomic E-state index is 12.4. The highest BCUT2D eigenvalue weighted by Gasteiger charge is 2.82. The molecule has 6 nitrogen and oxygen atoms in total. The molecule has 0 amide bonds. The molecule has 11 atom stereocenters. The Morgan fingerprint density at radius 1 is 1.08 bits per heavy atom. The Balaban J connectivity index is 1.35. The van der Waals surface area contributed by atoms with Crippen LogP contribution >= 0.6 is 0 Å². The van der Waals surface area contributed by atoms with Crippen molar-refractivity contribution in [2.75, 3.05) is 0 Å². The SMILES string of the molecule is C[C@@H]1C[C@]2(C[C@@H](C)[C@H]3[C@@H](C[C@@]4(C)[C@@H]5CC[C@@H](C(C)(C)O)[C@@]6(CCC(=O)O)C[C@@]56CC[C@]34C)O2)OC1=O. The number of esters is 1. The van der Waals surface area contributed by atoms with Crippen molar-refractivity contribution in [3.8, 4) is 0 Å². The number of aliphatic carboxylic acids is 1. The Morgan fingerprint density at radius 3 is 2.42 bits per heavy atom. The Bertz CT molecular complexity index is 986. The predicted molar refractivity (Wildman–Crippen MR) is 134 cm³/mol. The summed E-state index contributed by atoms with van der Waals surface area (Å²) in [6.45, 7) is 13.2. The van der Waals surface area contributed by atoms with Crippen LogP contribution in [-0.4, -0.2) is 39.6 Å². The molecule has 6 heteroatoms. The van der Waals surface area contributed by atoms with Crippen LogP contribution in [0.25, 0.3) is 0 Å². The Hall–Kier alpha value is -1.14. The number of carboxylic acids is 1. The average molecular weight is 503 g/mol. The van der Waals surface area contributed by atoms with Gasteiger partial charge in [-0.05, 0) is 104 Å². The van der Waals surface area contributed by atoms with E-state index in [1.165, 1.54) is 0 Å². The Morgan fingerprint density at radius 2 is 1.81 bits per heavy atom. The lowest BCUT2D eigenvalue weighted by molar-refractivity contribution is -0.276. The molecule has 202 valence electrons. The van der Waals surface area contributed by atoms with Gasteiger partial charge in [-0.3, -0.25) is 9.59 Å². The van der Waals surface area contributed by atoms with Crippen LogP contribution in [0.4, 0.5) is 0 Å². The molecule has 2 N–H and O–H groups in total. The van der Waals surface area contributed by atoms with Crippen molar-refractivity contribution in [3.63, 3.8) is 0 Å². The van der Waals surface area contributed by atoms with Gasteiger partial charge in [-0.1, -0.05) is 27.7 Å². The zero-order valence-electron chi connectivity index (χ0n) is 23.1. The lowest BCUT2D eigenvalue weighted by Crippen LogP contribution is -2.57. The molecular formula is C30H46O6. The summed E-state index contributed by atoms with van der Waals surface area (Å²) >= 11 is 0. The molecule has 2 aliphatic heterocycles. The second kappa shape index (κ2) is 7.28. The minimum atomic E-state index is -0.800. The minimum Gasteiger partial charge on any atom is -0.481 e. The van der Waals surface area contributed by atoms with E-state index in [0.29, 0.717) is 30.6 Å². The number of carbonyl (C=O) groups excluding carboxylic acids is 1. The van der Waals surface area contributed by atoms with E-state index in [9.17, 15) is 19.8 Å². The third-order valence-electron chi connectivity index (χ3n) is 13.1. The molecule has 4 aliphatic carbocycles. The van der Waals surface area contributed by atoms with Gasteiger partial charge in [0, 0.05) is 19.3 Å². The van der Waals surface area contributed by atoms with Gasteiger partial charge in [-0.25, -0.2) is 0 Å². The summed E-state index contributed by atoms with van der Waals surface area (Å²) in [6.07, 6.45) is 8.77. The molecule has 2 saturated heterocycles. The van der Waals surface area contributed by atoms with Crippen LogP contribution in [-0.2, 0) is 19.1 Å². The average Bonchev–Trinajstić information content (AvgIpc) is 3.26. The van der Waals surface area contributed by atoms with Gasteiger partial charge in [0.1, 0.15) is 0 Å². The van der Waals surface area contributed by atoms with Crippen molar-refractivity contribution >= 4 is 11.9 Å². The fraction of sp³-hybridized carbons (Fsp3) is 0.933. The molecule has 0 unspecified atom stereocenters. The molecule has 2 spiro atoms. The largest absolute Gasteiger partial charge is 0.481 e. The normalized spacial score (nSPS) is 55.4. The first-order valence-corrected chi connectivity index (χ1v) is 14.5. The van der Waals surface area contributed by atoms with Crippen LogP contribution < -0.4 is 0 Å². The lowest BCUT2D eigenvalue weighted by Gasteiger charge is -2.61. The van der Waals surface area contributed by atoms with Gasteiger partial charge in [-0.2, -0.15) is 0 Å². The number of carboxylic acid groups (broad SMARTS) is 1. The number of hydrogen-bond acceptors (Lipinski definition) is 5.